The molecule has 13 nitrogen and oxygen atoms in total. The van der Waals surface area contributed by atoms with Crippen molar-refractivity contribution in [2.45, 2.75) is 6.92 Å². The molecule has 13 heteroatoms. The average molecular weight is 497 g/mol. The number of morpholine rings is 1. The van der Waals surface area contributed by atoms with E-state index in [4.69, 9.17) is 14.2 Å². The summed E-state index contributed by atoms with van der Waals surface area (Å²) >= 11 is 0. The van der Waals surface area contributed by atoms with Crippen molar-refractivity contribution in [2.24, 2.45) is 5.10 Å². The Balaban J connectivity index is 1.66. The summed E-state index contributed by atoms with van der Waals surface area (Å²) in [6.45, 7) is 3.06. The van der Waals surface area contributed by atoms with Gasteiger partial charge in [0.1, 0.15) is 0 Å². The van der Waals surface area contributed by atoms with Gasteiger partial charge in [-0.15, -0.1) is 4.68 Å². The monoisotopic (exact) mass is 497 g/mol. The highest BCUT2D eigenvalue weighted by molar-refractivity contribution is 5.84. The quantitative estimate of drug-likeness (QED) is 0.275. The Bertz CT molecular complexity index is 1440. The summed E-state index contributed by atoms with van der Waals surface area (Å²) in [6, 6.07) is 9.03. The van der Waals surface area contributed by atoms with E-state index in [0.29, 0.717) is 36.5 Å². The molecule has 0 spiro atoms. The van der Waals surface area contributed by atoms with Gasteiger partial charge < -0.3 is 24.1 Å². The SMILES string of the molecule is CCOc1cc(C=Nn2c(=O)[nH]c3ccccc3c2=O)cc([N+](=O)[O-])c1OCC(=O)N1CCOCC1. The molecule has 2 heterocycles. The van der Waals surface area contributed by atoms with Gasteiger partial charge in [0, 0.05) is 24.7 Å². The van der Waals surface area contributed by atoms with Gasteiger partial charge >= 0.3 is 11.4 Å². The first-order valence-corrected chi connectivity index (χ1v) is 11.1. The minimum atomic E-state index is -0.768. The second-order valence-electron chi connectivity index (χ2n) is 7.68. The summed E-state index contributed by atoms with van der Waals surface area (Å²) in [4.78, 5) is 52.7. The number of amides is 1. The fraction of sp³-hybridized carbons (Fsp3) is 0.304. The van der Waals surface area contributed by atoms with E-state index in [1.807, 2.05) is 0 Å². The number of carbonyl (C=O) groups excluding carboxylic acids is 1. The van der Waals surface area contributed by atoms with Crippen molar-refractivity contribution in [1.82, 2.24) is 14.6 Å². The second kappa shape index (κ2) is 10.8. The number of aromatic amines is 1. The molecule has 3 aromatic rings. The number of fused-ring (bicyclic) bond motifs is 1. The van der Waals surface area contributed by atoms with Crippen LogP contribution in [0.15, 0.2) is 51.1 Å². The Morgan fingerprint density at radius 1 is 1.22 bits per heavy atom. The van der Waals surface area contributed by atoms with Crippen molar-refractivity contribution >= 4 is 28.7 Å². The number of nitro groups is 1. The zero-order valence-corrected chi connectivity index (χ0v) is 19.3. The van der Waals surface area contributed by atoms with Gasteiger partial charge in [-0.3, -0.25) is 19.7 Å². The van der Waals surface area contributed by atoms with E-state index in [9.17, 15) is 24.5 Å². The summed E-state index contributed by atoms with van der Waals surface area (Å²) in [5.41, 5.74) is -1.34. The average Bonchev–Trinajstić information content (AvgIpc) is 2.88. The summed E-state index contributed by atoms with van der Waals surface area (Å²) in [5, 5.41) is 16.0. The van der Waals surface area contributed by atoms with Crippen LogP contribution >= 0.6 is 0 Å². The lowest BCUT2D eigenvalue weighted by molar-refractivity contribution is -0.385. The van der Waals surface area contributed by atoms with Crippen LogP contribution in [-0.2, 0) is 9.53 Å². The Morgan fingerprint density at radius 2 is 1.97 bits per heavy atom. The zero-order chi connectivity index (χ0) is 25.7. The number of carbonyl (C=O) groups is 1. The van der Waals surface area contributed by atoms with Crippen molar-refractivity contribution in [3.05, 3.63) is 72.9 Å². The lowest BCUT2D eigenvalue weighted by Crippen LogP contribution is -2.43. The molecule has 1 aliphatic rings. The maximum absolute atomic E-state index is 12.7. The Labute approximate surface area is 203 Å². The highest BCUT2D eigenvalue weighted by Crippen LogP contribution is 2.38. The largest absolute Gasteiger partial charge is 0.490 e. The summed E-state index contributed by atoms with van der Waals surface area (Å²) in [7, 11) is 0. The maximum Gasteiger partial charge on any atom is 0.349 e. The maximum atomic E-state index is 12.7. The normalized spacial score (nSPS) is 13.8. The Kier molecular flexibility index (Phi) is 7.39. The molecule has 0 radical (unpaired) electrons. The highest BCUT2D eigenvalue weighted by Gasteiger charge is 2.25. The van der Waals surface area contributed by atoms with E-state index in [2.05, 4.69) is 10.1 Å². The number of hydrogen-bond acceptors (Lipinski definition) is 9. The molecule has 0 aliphatic carbocycles. The van der Waals surface area contributed by atoms with Gasteiger partial charge in [-0.1, -0.05) is 12.1 Å². The third-order valence-corrected chi connectivity index (χ3v) is 5.36. The van der Waals surface area contributed by atoms with Gasteiger partial charge in [0.2, 0.25) is 5.75 Å². The van der Waals surface area contributed by atoms with Crippen molar-refractivity contribution in [3.8, 4) is 11.5 Å². The molecule has 36 heavy (non-hydrogen) atoms. The second-order valence-corrected chi connectivity index (χ2v) is 7.68. The number of aromatic nitrogens is 2. The van der Waals surface area contributed by atoms with Crippen molar-refractivity contribution in [3.63, 3.8) is 0 Å². The van der Waals surface area contributed by atoms with E-state index in [-0.39, 0.29) is 35.0 Å². The lowest BCUT2D eigenvalue weighted by Gasteiger charge is -2.26. The standard InChI is InChI=1S/C23H23N5O8/c1-2-35-19-12-15(13-24-27-22(30)16-5-3-4-6-17(16)25-23(27)31)11-18(28(32)33)21(19)36-14-20(29)26-7-9-34-10-8-26/h3-6,11-13H,2,7-10,14H2,1H3,(H,25,31). The minimum Gasteiger partial charge on any atom is -0.490 e. The number of para-hydroxylation sites is 1. The van der Waals surface area contributed by atoms with E-state index >= 15 is 0 Å². The van der Waals surface area contributed by atoms with E-state index in [1.165, 1.54) is 6.07 Å². The van der Waals surface area contributed by atoms with E-state index < -0.39 is 28.5 Å². The predicted octanol–water partition coefficient (Wildman–Crippen LogP) is 1.12. The van der Waals surface area contributed by atoms with Crippen molar-refractivity contribution in [1.29, 1.82) is 0 Å². The molecule has 1 saturated heterocycles. The first-order valence-electron chi connectivity index (χ1n) is 11.1. The van der Waals surface area contributed by atoms with Crippen LogP contribution in [0.2, 0.25) is 0 Å². The van der Waals surface area contributed by atoms with Gasteiger partial charge in [0.05, 0.1) is 41.9 Å². The topological polar surface area (TPSA) is 158 Å². The Morgan fingerprint density at radius 3 is 2.69 bits per heavy atom. The lowest BCUT2D eigenvalue weighted by atomic mass is 10.2. The molecular formula is C23H23N5O8. The molecule has 0 unspecified atom stereocenters. The highest BCUT2D eigenvalue weighted by atomic mass is 16.6. The Hall–Kier alpha value is -4.52. The molecule has 1 aromatic heterocycles. The molecule has 0 bridgehead atoms. The third kappa shape index (κ3) is 5.25. The van der Waals surface area contributed by atoms with Gasteiger partial charge in [-0.2, -0.15) is 5.10 Å². The molecule has 1 aliphatic heterocycles. The van der Waals surface area contributed by atoms with Crippen LogP contribution in [0, 0.1) is 10.1 Å². The van der Waals surface area contributed by atoms with Crippen LogP contribution in [0.5, 0.6) is 11.5 Å². The number of nitrogens with zero attached hydrogens (tertiary/aromatic N) is 4. The first-order chi connectivity index (χ1) is 17.4. The number of hydrogen-bond donors (Lipinski definition) is 1. The smallest absolute Gasteiger partial charge is 0.349 e. The number of H-pyrrole nitrogens is 1. The molecule has 188 valence electrons. The molecule has 0 atom stereocenters. The van der Waals surface area contributed by atoms with Gasteiger partial charge in [-0.05, 0) is 25.1 Å². The molecule has 1 fully saturated rings. The summed E-state index contributed by atoms with van der Waals surface area (Å²) in [6.07, 6.45) is 1.13. The zero-order valence-electron chi connectivity index (χ0n) is 19.3. The van der Waals surface area contributed by atoms with Crippen molar-refractivity contribution in [2.75, 3.05) is 39.5 Å². The third-order valence-electron chi connectivity index (χ3n) is 5.36. The van der Waals surface area contributed by atoms with Gasteiger partial charge in [0.15, 0.2) is 12.4 Å². The molecule has 1 amide bonds. The summed E-state index contributed by atoms with van der Waals surface area (Å²) < 4.78 is 16.9. The van der Waals surface area contributed by atoms with Crippen LogP contribution in [0.4, 0.5) is 5.69 Å². The van der Waals surface area contributed by atoms with Crippen molar-refractivity contribution < 1.29 is 23.9 Å². The number of ether oxygens (including phenoxy) is 3. The van der Waals surface area contributed by atoms with E-state index in [0.717, 1.165) is 12.3 Å². The fourth-order valence-electron chi connectivity index (χ4n) is 3.65. The molecular weight excluding hydrogens is 474 g/mol. The fourth-order valence-corrected chi connectivity index (χ4v) is 3.65. The number of nitrogens with one attached hydrogen (secondary N) is 1. The van der Waals surface area contributed by atoms with E-state index in [1.54, 1.807) is 36.1 Å². The predicted molar refractivity (Wildman–Crippen MR) is 129 cm³/mol. The van der Waals surface area contributed by atoms with Gasteiger partial charge in [-0.25, -0.2) is 4.79 Å². The number of nitro benzene ring substituents is 1. The van der Waals surface area contributed by atoms with Crippen LogP contribution < -0.4 is 20.7 Å². The number of benzene rings is 2. The first kappa shape index (κ1) is 24.6. The van der Waals surface area contributed by atoms with Crippen LogP contribution in [-0.4, -0.2) is 71.1 Å². The van der Waals surface area contributed by atoms with Crippen LogP contribution in [0.3, 0.4) is 0 Å². The van der Waals surface area contributed by atoms with Crippen LogP contribution in [0.1, 0.15) is 12.5 Å². The molecule has 0 saturated carbocycles. The van der Waals surface area contributed by atoms with Gasteiger partial charge in [0.25, 0.3) is 11.5 Å². The molecule has 1 N–H and O–H groups in total. The molecule has 4 rings (SSSR count). The minimum absolute atomic E-state index is 0.0164. The number of rotatable bonds is 8. The molecule has 2 aromatic carbocycles. The summed E-state index contributed by atoms with van der Waals surface area (Å²) in [5.74, 6) is -0.528. The van der Waals surface area contributed by atoms with Crippen LogP contribution in [0.25, 0.3) is 10.9 Å².